The molecule has 3 rings (SSSR count). The molecule has 110 valence electrons. The van der Waals surface area contributed by atoms with Crippen molar-refractivity contribution in [1.82, 2.24) is 9.97 Å². The lowest BCUT2D eigenvalue weighted by atomic mass is 10.1. The van der Waals surface area contributed by atoms with Gasteiger partial charge in [-0.05, 0) is 17.7 Å². The van der Waals surface area contributed by atoms with Crippen LogP contribution in [0.4, 0.5) is 5.82 Å². The molecule has 0 amide bonds. The van der Waals surface area contributed by atoms with E-state index in [-0.39, 0.29) is 0 Å². The zero-order chi connectivity index (χ0) is 14.8. The van der Waals surface area contributed by atoms with E-state index in [0.717, 1.165) is 23.2 Å². The number of hydrogen-bond acceptors (Lipinski definition) is 5. The molecule has 7 heteroatoms. The van der Waals surface area contributed by atoms with Crippen LogP contribution in [-0.4, -0.2) is 16.6 Å². The Balaban J connectivity index is 1.95. The largest absolute Gasteiger partial charge is 0.376 e. The number of nitrogen functional groups attached to an aromatic ring is 1. The van der Waals surface area contributed by atoms with Gasteiger partial charge in [0.15, 0.2) is 0 Å². The number of hydrazine groups is 1. The van der Waals surface area contributed by atoms with Crippen LogP contribution < -0.4 is 11.3 Å². The number of benzene rings is 1. The Morgan fingerprint density at radius 3 is 2.90 bits per heavy atom. The molecule has 0 radical (unpaired) electrons. The van der Waals surface area contributed by atoms with Gasteiger partial charge in [0.2, 0.25) is 0 Å². The number of aromatic nitrogens is 2. The van der Waals surface area contributed by atoms with Crippen LogP contribution in [0, 0.1) is 0 Å². The van der Waals surface area contributed by atoms with Gasteiger partial charge in [0.1, 0.15) is 11.6 Å². The first kappa shape index (κ1) is 14.5. The summed E-state index contributed by atoms with van der Waals surface area (Å²) in [6.45, 7) is 1.14. The summed E-state index contributed by atoms with van der Waals surface area (Å²) in [5, 5.41) is 1.21. The van der Waals surface area contributed by atoms with Crippen LogP contribution >= 0.6 is 23.2 Å². The molecule has 5 nitrogen and oxygen atoms in total. The van der Waals surface area contributed by atoms with Gasteiger partial charge in [-0.1, -0.05) is 29.3 Å². The minimum absolute atomic E-state index is 0.483. The molecule has 0 fully saturated rings. The number of rotatable bonds is 3. The molecule has 0 spiro atoms. The molecule has 2 aromatic rings. The number of halogens is 2. The SMILES string of the molecule is NNc1nc(Cc2ccc(Cl)cc2Cl)nc2c1COCC2. The summed E-state index contributed by atoms with van der Waals surface area (Å²) in [7, 11) is 0. The number of hydrogen-bond donors (Lipinski definition) is 2. The molecular formula is C14H14Cl2N4O. The Kier molecular flexibility index (Phi) is 4.26. The molecule has 21 heavy (non-hydrogen) atoms. The van der Waals surface area contributed by atoms with Crippen LogP contribution in [-0.2, 0) is 24.2 Å². The van der Waals surface area contributed by atoms with E-state index in [0.29, 0.717) is 41.3 Å². The van der Waals surface area contributed by atoms with E-state index in [1.807, 2.05) is 6.07 Å². The highest BCUT2D eigenvalue weighted by molar-refractivity contribution is 6.35. The summed E-state index contributed by atoms with van der Waals surface area (Å²) >= 11 is 12.1. The normalized spacial score (nSPS) is 13.9. The molecule has 2 heterocycles. The maximum Gasteiger partial charge on any atom is 0.149 e. The molecule has 0 atom stereocenters. The summed E-state index contributed by atoms with van der Waals surface area (Å²) < 4.78 is 5.42. The zero-order valence-electron chi connectivity index (χ0n) is 11.2. The second-order valence-corrected chi connectivity index (χ2v) is 5.62. The van der Waals surface area contributed by atoms with Crippen molar-refractivity contribution in [3.05, 3.63) is 50.9 Å². The van der Waals surface area contributed by atoms with Crippen molar-refractivity contribution < 1.29 is 4.74 Å². The first-order chi connectivity index (χ1) is 10.2. The van der Waals surface area contributed by atoms with Crippen LogP contribution in [0.5, 0.6) is 0 Å². The molecule has 0 aliphatic carbocycles. The zero-order valence-corrected chi connectivity index (χ0v) is 12.7. The number of nitrogens with one attached hydrogen (secondary N) is 1. The standard InChI is InChI=1S/C14H14Cl2N4O/c15-9-2-1-8(11(16)6-9)5-13-18-12-3-4-21-7-10(12)14(19-13)20-17/h1-2,6H,3-5,7,17H2,(H,18,19,20). The molecule has 1 aliphatic rings. The molecular weight excluding hydrogens is 311 g/mol. The fourth-order valence-corrected chi connectivity index (χ4v) is 2.79. The Hall–Kier alpha value is -1.40. The first-order valence-electron chi connectivity index (χ1n) is 6.54. The third-order valence-corrected chi connectivity index (χ3v) is 3.96. The van der Waals surface area contributed by atoms with Crippen molar-refractivity contribution >= 4 is 29.0 Å². The summed E-state index contributed by atoms with van der Waals surface area (Å²) in [5.41, 5.74) is 5.45. The smallest absolute Gasteiger partial charge is 0.149 e. The average Bonchev–Trinajstić information content (AvgIpc) is 2.49. The van der Waals surface area contributed by atoms with E-state index < -0.39 is 0 Å². The lowest BCUT2D eigenvalue weighted by Crippen LogP contribution is -2.20. The number of ether oxygens (including phenoxy) is 1. The summed E-state index contributed by atoms with van der Waals surface area (Å²) in [6.07, 6.45) is 1.28. The number of anilines is 1. The fourth-order valence-electron chi connectivity index (χ4n) is 2.32. The second kappa shape index (κ2) is 6.15. The number of nitrogens with two attached hydrogens (primary N) is 1. The van der Waals surface area contributed by atoms with Gasteiger partial charge in [0, 0.05) is 28.5 Å². The van der Waals surface area contributed by atoms with E-state index in [9.17, 15) is 0 Å². The van der Waals surface area contributed by atoms with Gasteiger partial charge >= 0.3 is 0 Å². The minimum Gasteiger partial charge on any atom is -0.376 e. The van der Waals surface area contributed by atoms with Crippen molar-refractivity contribution in [2.45, 2.75) is 19.4 Å². The molecule has 1 aromatic heterocycles. The molecule has 1 aliphatic heterocycles. The van der Waals surface area contributed by atoms with Crippen molar-refractivity contribution in [1.29, 1.82) is 0 Å². The van der Waals surface area contributed by atoms with Crippen LogP contribution in [0.1, 0.15) is 22.6 Å². The highest BCUT2D eigenvalue weighted by Crippen LogP contribution is 2.25. The Labute approximate surface area is 132 Å². The highest BCUT2D eigenvalue weighted by Gasteiger charge is 2.18. The Morgan fingerprint density at radius 2 is 2.14 bits per heavy atom. The summed E-state index contributed by atoms with van der Waals surface area (Å²) in [5.74, 6) is 6.83. The van der Waals surface area contributed by atoms with Gasteiger partial charge in [0.05, 0.1) is 18.9 Å². The highest BCUT2D eigenvalue weighted by atomic mass is 35.5. The molecule has 1 aromatic carbocycles. The Morgan fingerprint density at radius 1 is 1.29 bits per heavy atom. The van der Waals surface area contributed by atoms with Gasteiger partial charge in [-0.2, -0.15) is 0 Å². The van der Waals surface area contributed by atoms with Gasteiger partial charge in [-0.15, -0.1) is 0 Å². The predicted molar refractivity (Wildman–Crippen MR) is 82.5 cm³/mol. The quantitative estimate of drug-likeness (QED) is 0.670. The molecule has 0 bridgehead atoms. The third-order valence-electron chi connectivity index (χ3n) is 3.37. The molecule has 0 saturated heterocycles. The Bertz CT molecular complexity index is 661. The first-order valence-corrected chi connectivity index (χ1v) is 7.30. The third kappa shape index (κ3) is 3.11. The van der Waals surface area contributed by atoms with E-state index in [2.05, 4.69) is 15.4 Å². The van der Waals surface area contributed by atoms with E-state index in [1.54, 1.807) is 12.1 Å². The van der Waals surface area contributed by atoms with Gasteiger partial charge in [0.25, 0.3) is 0 Å². The lowest BCUT2D eigenvalue weighted by Gasteiger charge is -2.19. The number of fused-ring (bicyclic) bond motifs is 1. The fraction of sp³-hybridized carbons (Fsp3) is 0.286. The summed E-state index contributed by atoms with van der Waals surface area (Å²) in [4.78, 5) is 9.05. The van der Waals surface area contributed by atoms with Crippen molar-refractivity contribution in [3.8, 4) is 0 Å². The van der Waals surface area contributed by atoms with Gasteiger partial charge < -0.3 is 10.2 Å². The van der Waals surface area contributed by atoms with E-state index >= 15 is 0 Å². The lowest BCUT2D eigenvalue weighted by molar-refractivity contribution is 0.109. The maximum atomic E-state index is 6.20. The van der Waals surface area contributed by atoms with E-state index in [4.69, 9.17) is 33.8 Å². The van der Waals surface area contributed by atoms with Crippen LogP contribution in [0.2, 0.25) is 10.0 Å². The van der Waals surface area contributed by atoms with Gasteiger partial charge in [-0.3, -0.25) is 0 Å². The van der Waals surface area contributed by atoms with Crippen molar-refractivity contribution in [2.75, 3.05) is 12.0 Å². The molecule has 3 N–H and O–H groups in total. The average molecular weight is 325 g/mol. The van der Waals surface area contributed by atoms with Crippen LogP contribution in [0.15, 0.2) is 18.2 Å². The maximum absolute atomic E-state index is 6.20. The van der Waals surface area contributed by atoms with Gasteiger partial charge in [-0.25, -0.2) is 15.8 Å². The minimum atomic E-state index is 0.483. The molecule has 0 saturated carbocycles. The van der Waals surface area contributed by atoms with Crippen LogP contribution in [0.25, 0.3) is 0 Å². The monoisotopic (exact) mass is 324 g/mol. The number of nitrogens with zero attached hydrogens (tertiary/aromatic N) is 2. The van der Waals surface area contributed by atoms with E-state index in [1.165, 1.54) is 0 Å². The van der Waals surface area contributed by atoms with Crippen molar-refractivity contribution in [2.24, 2.45) is 5.84 Å². The molecule has 0 unspecified atom stereocenters. The van der Waals surface area contributed by atoms with Crippen molar-refractivity contribution in [3.63, 3.8) is 0 Å². The topological polar surface area (TPSA) is 73.1 Å². The second-order valence-electron chi connectivity index (χ2n) is 4.77. The summed E-state index contributed by atoms with van der Waals surface area (Å²) in [6, 6.07) is 5.40. The predicted octanol–water partition coefficient (Wildman–Crippen LogP) is 2.73. The van der Waals surface area contributed by atoms with Crippen LogP contribution in [0.3, 0.4) is 0 Å².